The molecule has 3 aromatic heterocycles. The van der Waals surface area contributed by atoms with Gasteiger partial charge in [0.2, 0.25) is 11.8 Å². The largest absolute Gasteiger partial charge is 0.467 e. The highest BCUT2D eigenvalue weighted by Crippen LogP contribution is 2.24. The molecule has 1 aromatic carbocycles. The first kappa shape index (κ1) is 22.1. The van der Waals surface area contributed by atoms with Gasteiger partial charge < -0.3 is 14.6 Å². The monoisotopic (exact) mass is 459 g/mol. The minimum absolute atomic E-state index is 0.0285. The molecule has 0 saturated carbocycles. The SMILES string of the molecule is Cc1nc2c3ccccc3nn2c(C)c1CCC(=O)N1CCC(C(=O)NCc2ccco2)CC1. The summed E-state index contributed by atoms with van der Waals surface area (Å²) < 4.78 is 7.15. The Morgan fingerprint density at radius 2 is 1.91 bits per heavy atom. The van der Waals surface area contributed by atoms with Crippen molar-refractivity contribution in [2.24, 2.45) is 5.92 Å². The Balaban J connectivity index is 1.18. The fourth-order valence-electron chi connectivity index (χ4n) is 4.85. The first-order valence-corrected chi connectivity index (χ1v) is 11.8. The number of hydrogen-bond acceptors (Lipinski definition) is 5. The number of piperidine rings is 1. The average Bonchev–Trinajstić information content (AvgIpc) is 3.50. The van der Waals surface area contributed by atoms with E-state index in [1.807, 2.05) is 53.6 Å². The number of rotatable bonds is 6. The summed E-state index contributed by atoms with van der Waals surface area (Å²) in [7, 11) is 0. The Hall–Kier alpha value is -3.68. The van der Waals surface area contributed by atoms with Crippen LogP contribution >= 0.6 is 0 Å². The Labute approximate surface area is 197 Å². The normalized spacial score (nSPS) is 14.7. The van der Waals surface area contributed by atoms with Gasteiger partial charge in [-0.1, -0.05) is 12.1 Å². The number of fused-ring (bicyclic) bond motifs is 3. The summed E-state index contributed by atoms with van der Waals surface area (Å²) in [5.74, 6) is 0.825. The summed E-state index contributed by atoms with van der Waals surface area (Å²) in [5, 5.41) is 8.67. The molecule has 1 aliphatic heterocycles. The highest BCUT2D eigenvalue weighted by Gasteiger charge is 2.27. The zero-order chi connectivity index (χ0) is 23.7. The number of amides is 2. The third kappa shape index (κ3) is 4.27. The molecule has 2 amide bonds. The van der Waals surface area contributed by atoms with Crippen molar-refractivity contribution in [1.29, 1.82) is 0 Å². The van der Waals surface area contributed by atoms with Crippen LogP contribution in [0.15, 0.2) is 47.1 Å². The summed E-state index contributed by atoms with van der Waals surface area (Å²) in [6, 6.07) is 11.6. The Morgan fingerprint density at radius 3 is 2.68 bits per heavy atom. The molecule has 1 aliphatic rings. The highest BCUT2D eigenvalue weighted by molar-refractivity contribution is 5.92. The number of aryl methyl sites for hydroxylation is 2. The average molecular weight is 460 g/mol. The summed E-state index contributed by atoms with van der Waals surface area (Å²) in [5.41, 5.74) is 4.81. The number of carbonyl (C=O) groups excluding carboxylic acids is 2. The lowest BCUT2D eigenvalue weighted by atomic mass is 9.95. The fraction of sp³-hybridized carbons (Fsp3) is 0.385. The second-order valence-electron chi connectivity index (χ2n) is 8.97. The third-order valence-corrected chi connectivity index (χ3v) is 6.84. The second kappa shape index (κ2) is 9.29. The maximum Gasteiger partial charge on any atom is 0.223 e. The first-order chi connectivity index (χ1) is 16.5. The van der Waals surface area contributed by atoms with E-state index in [1.54, 1.807) is 12.3 Å². The van der Waals surface area contributed by atoms with E-state index in [9.17, 15) is 9.59 Å². The molecule has 0 aliphatic carbocycles. The molecule has 0 unspecified atom stereocenters. The van der Waals surface area contributed by atoms with Crippen molar-refractivity contribution < 1.29 is 14.0 Å². The molecular weight excluding hydrogens is 430 g/mol. The molecule has 4 heterocycles. The lowest BCUT2D eigenvalue weighted by Crippen LogP contribution is -2.43. The van der Waals surface area contributed by atoms with Crippen LogP contribution in [0.1, 0.15) is 42.0 Å². The fourth-order valence-corrected chi connectivity index (χ4v) is 4.85. The number of furan rings is 1. The van der Waals surface area contributed by atoms with Gasteiger partial charge in [0.25, 0.3) is 0 Å². The van der Waals surface area contributed by atoms with E-state index < -0.39 is 0 Å². The van der Waals surface area contributed by atoms with Gasteiger partial charge >= 0.3 is 0 Å². The summed E-state index contributed by atoms with van der Waals surface area (Å²) in [6.45, 7) is 5.66. The lowest BCUT2D eigenvalue weighted by molar-refractivity contribution is -0.135. The van der Waals surface area contributed by atoms with Crippen molar-refractivity contribution in [2.45, 2.75) is 46.1 Å². The number of hydrogen-bond donors (Lipinski definition) is 1. The molecule has 34 heavy (non-hydrogen) atoms. The molecule has 0 spiro atoms. The number of carbonyl (C=O) groups is 2. The minimum Gasteiger partial charge on any atom is -0.467 e. The van der Waals surface area contributed by atoms with Crippen LogP contribution in [0.4, 0.5) is 0 Å². The van der Waals surface area contributed by atoms with Crippen molar-refractivity contribution >= 4 is 28.4 Å². The second-order valence-corrected chi connectivity index (χ2v) is 8.97. The highest BCUT2D eigenvalue weighted by atomic mass is 16.3. The molecule has 0 radical (unpaired) electrons. The van der Waals surface area contributed by atoms with E-state index in [0.717, 1.165) is 39.3 Å². The van der Waals surface area contributed by atoms with Gasteiger partial charge in [0, 0.05) is 42.2 Å². The maximum atomic E-state index is 12.9. The molecule has 1 fully saturated rings. The number of nitrogens with zero attached hydrogens (tertiary/aromatic N) is 4. The number of benzene rings is 1. The molecule has 0 bridgehead atoms. The van der Waals surface area contributed by atoms with Crippen LogP contribution in [0, 0.1) is 19.8 Å². The maximum absolute atomic E-state index is 12.9. The Bertz CT molecular complexity index is 1330. The van der Waals surface area contributed by atoms with Crippen LogP contribution in [0.2, 0.25) is 0 Å². The smallest absolute Gasteiger partial charge is 0.223 e. The van der Waals surface area contributed by atoms with Crippen LogP contribution in [0.25, 0.3) is 16.6 Å². The van der Waals surface area contributed by atoms with Gasteiger partial charge in [-0.05, 0) is 62.9 Å². The molecule has 1 N–H and O–H groups in total. The van der Waals surface area contributed by atoms with E-state index in [1.165, 1.54) is 0 Å². The quantitative estimate of drug-likeness (QED) is 0.476. The van der Waals surface area contributed by atoms with Crippen molar-refractivity contribution in [3.63, 3.8) is 0 Å². The van der Waals surface area contributed by atoms with Gasteiger partial charge in [0.15, 0.2) is 5.65 Å². The molecule has 4 aromatic rings. The minimum atomic E-state index is -0.0657. The molecule has 1 saturated heterocycles. The van der Waals surface area contributed by atoms with Gasteiger partial charge in [0.1, 0.15) is 5.76 Å². The lowest BCUT2D eigenvalue weighted by Gasteiger charge is -2.31. The molecule has 176 valence electrons. The van der Waals surface area contributed by atoms with Gasteiger partial charge in [-0.3, -0.25) is 9.59 Å². The number of nitrogens with one attached hydrogen (secondary N) is 1. The Morgan fingerprint density at radius 1 is 1.12 bits per heavy atom. The van der Waals surface area contributed by atoms with E-state index in [4.69, 9.17) is 14.5 Å². The van der Waals surface area contributed by atoms with Gasteiger partial charge in [-0.2, -0.15) is 5.10 Å². The molecule has 0 atom stereocenters. The van der Waals surface area contributed by atoms with Crippen molar-refractivity contribution in [3.8, 4) is 0 Å². The first-order valence-electron chi connectivity index (χ1n) is 11.8. The molecule has 8 nitrogen and oxygen atoms in total. The summed E-state index contributed by atoms with van der Waals surface area (Å²) in [4.78, 5) is 32.1. The van der Waals surface area contributed by atoms with Gasteiger partial charge in [-0.15, -0.1) is 0 Å². The van der Waals surface area contributed by atoms with E-state index in [2.05, 4.69) is 5.32 Å². The van der Waals surface area contributed by atoms with E-state index >= 15 is 0 Å². The topological polar surface area (TPSA) is 92.7 Å². The van der Waals surface area contributed by atoms with Crippen LogP contribution < -0.4 is 5.32 Å². The summed E-state index contributed by atoms with van der Waals surface area (Å²) >= 11 is 0. The molecular formula is C26H29N5O3. The zero-order valence-electron chi connectivity index (χ0n) is 19.6. The van der Waals surface area contributed by atoms with Crippen molar-refractivity contribution in [1.82, 2.24) is 24.8 Å². The van der Waals surface area contributed by atoms with Crippen LogP contribution in [-0.4, -0.2) is 44.4 Å². The van der Waals surface area contributed by atoms with Crippen LogP contribution in [0.3, 0.4) is 0 Å². The Kier molecular flexibility index (Phi) is 6.04. The standard InChI is InChI=1S/C26H29N5O3/c1-17-21(18(2)31-25(28-17)22-7-3-4-8-23(22)29-31)9-10-24(32)30-13-11-19(12-14-30)26(33)27-16-20-6-5-15-34-20/h3-8,15,19H,9-14,16H2,1-2H3,(H,27,33). The third-order valence-electron chi connectivity index (χ3n) is 6.84. The van der Waals surface area contributed by atoms with E-state index in [0.29, 0.717) is 45.3 Å². The van der Waals surface area contributed by atoms with Gasteiger partial charge in [-0.25, -0.2) is 9.50 Å². The predicted molar refractivity (Wildman–Crippen MR) is 128 cm³/mol. The molecule has 5 rings (SSSR count). The van der Waals surface area contributed by atoms with Crippen LogP contribution in [-0.2, 0) is 22.6 Å². The van der Waals surface area contributed by atoms with Crippen LogP contribution in [0.5, 0.6) is 0 Å². The van der Waals surface area contributed by atoms with Gasteiger partial charge in [0.05, 0.1) is 18.3 Å². The van der Waals surface area contributed by atoms with E-state index in [-0.39, 0.29) is 17.7 Å². The zero-order valence-corrected chi connectivity index (χ0v) is 19.6. The van der Waals surface area contributed by atoms with Crippen molar-refractivity contribution in [2.75, 3.05) is 13.1 Å². The number of aromatic nitrogens is 3. The van der Waals surface area contributed by atoms with Crippen molar-refractivity contribution in [3.05, 3.63) is 65.4 Å². The number of likely N-dealkylation sites (tertiary alicyclic amines) is 1. The predicted octanol–water partition coefficient (Wildman–Crippen LogP) is 3.58. The molecule has 8 heteroatoms. The summed E-state index contributed by atoms with van der Waals surface area (Å²) in [6.07, 6.45) is 4.01.